The van der Waals surface area contributed by atoms with Crippen LogP contribution in [-0.4, -0.2) is 0 Å². The van der Waals surface area contributed by atoms with Crippen LogP contribution in [-0.2, 0) is 6.42 Å². The molecule has 0 bridgehead atoms. The lowest BCUT2D eigenvalue weighted by Crippen LogP contribution is -2.16. The Morgan fingerprint density at radius 2 is 1.58 bits per heavy atom. The summed E-state index contributed by atoms with van der Waals surface area (Å²) in [6.07, 6.45) is 0.305. The Balaban J connectivity index is 2.23. The van der Waals surface area contributed by atoms with Crippen LogP contribution in [0.25, 0.3) is 0 Å². The molecule has 1 unspecified atom stereocenters. The summed E-state index contributed by atoms with van der Waals surface area (Å²) in [5.74, 6) is -3.95. The Hall–Kier alpha value is -1.52. The fourth-order valence-corrected chi connectivity index (χ4v) is 1.94. The van der Waals surface area contributed by atoms with Gasteiger partial charge in [0.05, 0.1) is 0 Å². The summed E-state index contributed by atoms with van der Waals surface area (Å²) in [7, 11) is 0. The molecule has 0 aliphatic carbocycles. The highest BCUT2D eigenvalue weighted by molar-refractivity contribution is 6.30. The number of halogens is 4. The molecule has 1 atom stereocenters. The largest absolute Gasteiger partial charge is 0.324 e. The predicted octanol–water partition coefficient (Wildman–Crippen LogP) is 4.00. The van der Waals surface area contributed by atoms with Crippen molar-refractivity contribution in [2.45, 2.75) is 12.5 Å². The molecule has 0 saturated heterocycles. The molecule has 0 aromatic heterocycles. The summed E-state index contributed by atoms with van der Waals surface area (Å²) < 4.78 is 39.5. The van der Waals surface area contributed by atoms with E-state index in [0.717, 1.165) is 17.7 Å². The number of hydrogen-bond acceptors (Lipinski definition) is 1. The summed E-state index contributed by atoms with van der Waals surface area (Å²) in [6.45, 7) is 0. The second-order valence-electron chi connectivity index (χ2n) is 4.20. The van der Waals surface area contributed by atoms with Crippen LogP contribution in [0.15, 0.2) is 36.4 Å². The first kappa shape index (κ1) is 13.9. The zero-order valence-corrected chi connectivity index (χ0v) is 10.6. The Morgan fingerprint density at radius 3 is 2.21 bits per heavy atom. The Kier molecular flexibility index (Phi) is 4.12. The van der Waals surface area contributed by atoms with Gasteiger partial charge < -0.3 is 5.73 Å². The molecular formula is C14H11ClF3N. The van der Waals surface area contributed by atoms with Crippen molar-refractivity contribution in [3.8, 4) is 0 Å². The summed E-state index contributed by atoms with van der Waals surface area (Å²) >= 11 is 5.75. The van der Waals surface area contributed by atoms with Gasteiger partial charge in [0.25, 0.3) is 0 Å². The van der Waals surface area contributed by atoms with Gasteiger partial charge >= 0.3 is 0 Å². The van der Waals surface area contributed by atoms with Gasteiger partial charge in [-0.3, -0.25) is 0 Å². The lowest BCUT2D eigenvalue weighted by atomic mass is 9.99. The SMILES string of the molecule is NC(Cc1ccc(Cl)cc1)c1ccc(F)c(F)c1F. The maximum Gasteiger partial charge on any atom is 0.194 e. The second-order valence-corrected chi connectivity index (χ2v) is 4.64. The lowest BCUT2D eigenvalue weighted by Gasteiger charge is -2.13. The van der Waals surface area contributed by atoms with E-state index in [4.69, 9.17) is 17.3 Å². The quantitative estimate of drug-likeness (QED) is 0.848. The summed E-state index contributed by atoms with van der Waals surface area (Å²) in [5, 5.41) is 0.580. The molecule has 0 amide bonds. The third kappa shape index (κ3) is 3.08. The van der Waals surface area contributed by atoms with Crippen LogP contribution in [0.2, 0.25) is 5.02 Å². The first-order chi connectivity index (χ1) is 8.99. The van der Waals surface area contributed by atoms with Crippen LogP contribution in [0.1, 0.15) is 17.2 Å². The molecule has 1 nitrogen and oxygen atoms in total. The second kappa shape index (κ2) is 5.63. The molecule has 2 aromatic carbocycles. The van der Waals surface area contributed by atoms with Gasteiger partial charge in [-0.05, 0) is 30.2 Å². The highest BCUT2D eigenvalue weighted by atomic mass is 35.5. The molecule has 0 saturated carbocycles. The monoisotopic (exact) mass is 285 g/mol. The van der Waals surface area contributed by atoms with E-state index < -0.39 is 23.5 Å². The third-order valence-corrected chi connectivity index (χ3v) is 3.09. The Bertz CT molecular complexity index is 584. The van der Waals surface area contributed by atoms with Crippen molar-refractivity contribution >= 4 is 11.6 Å². The van der Waals surface area contributed by atoms with Crippen LogP contribution in [0.5, 0.6) is 0 Å². The molecule has 5 heteroatoms. The van der Waals surface area contributed by atoms with E-state index in [-0.39, 0.29) is 5.56 Å². The van der Waals surface area contributed by atoms with E-state index in [2.05, 4.69) is 0 Å². The zero-order chi connectivity index (χ0) is 14.0. The lowest BCUT2D eigenvalue weighted by molar-refractivity contribution is 0.435. The van der Waals surface area contributed by atoms with Crippen molar-refractivity contribution in [2.75, 3.05) is 0 Å². The van der Waals surface area contributed by atoms with E-state index in [1.807, 2.05) is 0 Å². The highest BCUT2D eigenvalue weighted by Gasteiger charge is 2.18. The van der Waals surface area contributed by atoms with Gasteiger partial charge in [0.1, 0.15) is 0 Å². The Morgan fingerprint density at radius 1 is 0.947 bits per heavy atom. The van der Waals surface area contributed by atoms with Gasteiger partial charge in [0.2, 0.25) is 0 Å². The molecule has 100 valence electrons. The molecule has 2 rings (SSSR count). The van der Waals surface area contributed by atoms with Gasteiger partial charge in [-0.2, -0.15) is 0 Å². The van der Waals surface area contributed by atoms with E-state index in [1.54, 1.807) is 24.3 Å². The van der Waals surface area contributed by atoms with E-state index in [9.17, 15) is 13.2 Å². The first-order valence-electron chi connectivity index (χ1n) is 5.62. The van der Waals surface area contributed by atoms with Crippen molar-refractivity contribution in [3.05, 3.63) is 70.0 Å². The molecule has 0 fully saturated rings. The smallest absolute Gasteiger partial charge is 0.194 e. The normalized spacial score (nSPS) is 12.5. The topological polar surface area (TPSA) is 26.0 Å². The third-order valence-electron chi connectivity index (χ3n) is 2.83. The minimum absolute atomic E-state index is 0.0474. The van der Waals surface area contributed by atoms with Crippen molar-refractivity contribution in [3.63, 3.8) is 0 Å². The number of benzene rings is 2. The van der Waals surface area contributed by atoms with Crippen LogP contribution in [0.4, 0.5) is 13.2 Å². The van der Waals surface area contributed by atoms with Crippen molar-refractivity contribution < 1.29 is 13.2 Å². The van der Waals surface area contributed by atoms with Gasteiger partial charge in [-0.1, -0.05) is 29.8 Å². The molecule has 0 spiro atoms. The van der Waals surface area contributed by atoms with Crippen molar-refractivity contribution in [1.82, 2.24) is 0 Å². The van der Waals surface area contributed by atoms with Gasteiger partial charge in [-0.15, -0.1) is 0 Å². The Labute approximate surface area is 113 Å². The van der Waals surface area contributed by atoms with Gasteiger partial charge in [0, 0.05) is 16.6 Å². The molecule has 0 aliphatic heterocycles. The molecule has 0 radical (unpaired) electrons. The molecule has 0 aliphatic rings. The fourth-order valence-electron chi connectivity index (χ4n) is 1.81. The minimum atomic E-state index is -1.50. The highest BCUT2D eigenvalue weighted by Crippen LogP contribution is 2.23. The van der Waals surface area contributed by atoms with Crippen LogP contribution in [0.3, 0.4) is 0 Å². The number of hydrogen-bond donors (Lipinski definition) is 1. The summed E-state index contributed by atoms with van der Waals surface area (Å²) in [6, 6.07) is 8.15. The molecule has 0 heterocycles. The summed E-state index contributed by atoms with van der Waals surface area (Å²) in [5.41, 5.74) is 6.61. The minimum Gasteiger partial charge on any atom is -0.324 e. The number of nitrogens with two attached hydrogens (primary N) is 1. The van der Waals surface area contributed by atoms with Crippen LogP contribution >= 0.6 is 11.6 Å². The first-order valence-corrected chi connectivity index (χ1v) is 6.00. The maximum atomic E-state index is 13.6. The average molecular weight is 286 g/mol. The predicted molar refractivity (Wildman–Crippen MR) is 68.4 cm³/mol. The van der Waals surface area contributed by atoms with E-state index in [1.165, 1.54) is 0 Å². The maximum absolute atomic E-state index is 13.6. The van der Waals surface area contributed by atoms with Crippen molar-refractivity contribution in [1.29, 1.82) is 0 Å². The molecule has 2 aromatic rings. The van der Waals surface area contributed by atoms with Crippen LogP contribution < -0.4 is 5.73 Å². The van der Waals surface area contributed by atoms with Gasteiger partial charge in [0.15, 0.2) is 17.5 Å². The number of rotatable bonds is 3. The zero-order valence-electron chi connectivity index (χ0n) is 9.84. The molecule has 19 heavy (non-hydrogen) atoms. The van der Waals surface area contributed by atoms with Crippen LogP contribution in [0, 0.1) is 17.5 Å². The van der Waals surface area contributed by atoms with Gasteiger partial charge in [-0.25, -0.2) is 13.2 Å². The average Bonchev–Trinajstić information content (AvgIpc) is 2.39. The summed E-state index contributed by atoms with van der Waals surface area (Å²) in [4.78, 5) is 0. The van der Waals surface area contributed by atoms with E-state index in [0.29, 0.717) is 11.4 Å². The van der Waals surface area contributed by atoms with Crippen molar-refractivity contribution in [2.24, 2.45) is 5.73 Å². The standard InChI is InChI=1S/C14H11ClF3N/c15-9-3-1-8(2-4-9)7-12(19)10-5-6-11(16)14(18)13(10)17/h1-6,12H,7,19H2. The fraction of sp³-hybridized carbons (Fsp3) is 0.143. The molecular weight excluding hydrogens is 275 g/mol. The molecule has 2 N–H and O–H groups in total. The van der Waals surface area contributed by atoms with E-state index >= 15 is 0 Å².